The maximum Gasteiger partial charge on any atom is 0.244 e. The van der Waals surface area contributed by atoms with Crippen molar-refractivity contribution in [1.82, 2.24) is 5.32 Å². The molecule has 0 atom stereocenters. The van der Waals surface area contributed by atoms with Crippen molar-refractivity contribution in [3.8, 4) is 0 Å². The first-order valence-electron chi connectivity index (χ1n) is 3.98. The van der Waals surface area contributed by atoms with E-state index >= 15 is 0 Å². The van der Waals surface area contributed by atoms with Crippen molar-refractivity contribution in [2.45, 2.75) is 18.9 Å². The lowest BCUT2D eigenvalue weighted by Crippen LogP contribution is -2.31. The number of rotatable bonds is 3. The maximum atomic E-state index is 11.1. The summed E-state index contributed by atoms with van der Waals surface area (Å²) in [5, 5.41) is 4.70. The van der Waals surface area contributed by atoms with Crippen LogP contribution < -0.4 is 5.32 Å². The molecule has 0 unspecified atom stereocenters. The van der Waals surface area contributed by atoms with Gasteiger partial charge in [0.15, 0.2) is 0 Å². The molecule has 0 bridgehead atoms. The van der Waals surface area contributed by atoms with E-state index in [9.17, 15) is 4.79 Å². The molecule has 12 heavy (non-hydrogen) atoms. The first-order valence-corrected chi connectivity index (χ1v) is 5.26. The Morgan fingerprint density at radius 1 is 1.58 bits per heavy atom. The standard InChI is InChI=1S/C9H13NOS/c1-12-7-6-9(11)10-8-4-2-3-5-8/h2-3,6-8H,4-5H2,1H3,(H,10,11)/b7-6+. The highest BCUT2D eigenvalue weighted by Gasteiger charge is 2.10. The van der Waals surface area contributed by atoms with Gasteiger partial charge in [0, 0.05) is 12.1 Å². The lowest BCUT2D eigenvalue weighted by Gasteiger charge is -2.08. The Morgan fingerprint density at radius 2 is 2.25 bits per heavy atom. The zero-order valence-electron chi connectivity index (χ0n) is 7.12. The second-order valence-corrected chi connectivity index (χ2v) is 3.43. The van der Waals surface area contributed by atoms with Gasteiger partial charge in [-0.3, -0.25) is 4.79 Å². The molecule has 1 amide bonds. The summed E-state index contributed by atoms with van der Waals surface area (Å²) >= 11 is 1.53. The van der Waals surface area contributed by atoms with Crippen LogP contribution in [0, 0.1) is 0 Å². The third kappa shape index (κ3) is 3.13. The van der Waals surface area contributed by atoms with Crippen molar-refractivity contribution in [3.05, 3.63) is 23.6 Å². The largest absolute Gasteiger partial charge is 0.349 e. The summed E-state index contributed by atoms with van der Waals surface area (Å²) in [6.07, 6.45) is 9.65. The van der Waals surface area contributed by atoms with Crippen molar-refractivity contribution in [3.63, 3.8) is 0 Å². The summed E-state index contributed by atoms with van der Waals surface area (Å²) in [6, 6.07) is 0.323. The Morgan fingerprint density at radius 3 is 2.83 bits per heavy atom. The van der Waals surface area contributed by atoms with Gasteiger partial charge in [0.1, 0.15) is 0 Å². The van der Waals surface area contributed by atoms with Gasteiger partial charge < -0.3 is 5.32 Å². The molecular formula is C9H13NOS. The molecule has 1 aliphatic carbocycles. The molecule has 0 fully saturated rings. The van der Waals surface area contributed by atoms with Crippen molar-refractivity contribution in [2.75, 3.05) is 6.26 Å². The summed E-state index contributed by atoms with van der Waals surface area (Å²) in [5.41, 5.74) is 0. The van der Waals surface area contributed by atoms with E-state index < -0.39 is 0 Å². The van der Waals surface area contributed by atoms with Crippen LogP contribution in [0.4, 0.5) is 0 Å². The van der Waals surface area contributed by atoms with E-state index in [1.165, 1.54) is 11.8 Å². The van der Waals surface area contributed by atoms with Gasteiger partial charge in [0.2, 0.25) is 5.91 Å². The molecule has 0 aromatic rings. The average Bonchev–Trinajstić information content (AvgIpc) is 2.53. The fourth-order valence-electron chi connectivity index (χ4n) is 1.11. The van der Waals surface area contributed by atoms with Gasteiger partial charge in [-0.15, -0.1) is 11.8 Å². The Labute approximate surface area is 77.1 Å². The number of hydrogen-bond acceptors (Lipinski definition) is 2. The first-order chi connectivity index (χ1) is 5.83. The van der Waals surface area contributed by atoms with Crippen molar-refractivity contribution >= 4 is 17.7 Å². The second kappa shape index (κ2) is 5.04. The van der Waals surface area contributed by atoms with Gasteiger partial charge >= 0.3 is 0 Å². The van der Waals surface area contributed by atoms with Crippen LogP contribution in [0.25, 0.3) is 0 Å². The molecule has 0 heterocycles. The van der Waals surface area contributed by atoms with E-state index in [0.29, 0.717) is 6.04 Å². The van der Waals surface area contributed by atoms with E-state index in [4.69, 9.17) is 0 Å². The molecular weight excluding hydrogens is 170 g/mol. The summed E-state index contributed by atoms with van der Waals surface area (Å²) in [7, 11) is 0. The highest BCUT2D eigenvalue weighted by molar-refractivity contribution is 8.01. The van der Waals surface area contributed by atoms with E-state index in [1.54, 1.807) is 11.5 Å². The molecule has 0 aromatic carbocycles. The smallest absolute Gasteiger partial charge is 0.244 e. The highest BCUT2D eigenvalue weighted by Crippen LogP contribution is 2.08. The Kier molecular flexibility index (Phi) is 3.94. The fourth-order valence-corrected chi connectivity index (χ4v) is 1.37. The molecule has 2 nitrogen and oxygen atoms in total. The lowest BCUT2D eigenvalue weighted by atomic mass is 10.2. The minimum absolute atomic E-state index is 0.0121. The minimum Gasteiger partial charge on any atom is -0.349 e. The van der Waals surface area contributed by atoms with E-state index in [-0.39, 0.29) is 5.91 Å². The normalized spacial score (nSPS) is 17.4. The molecule has 66 valence electrons. The summed E-state index contributed by atoms with van der Waals surface area (Å²) in [5.74, 6) is 0.0121. The summed E-state index contributed by atoms with van der Waals surface area (Å²) < 4.78 is 0. The zero-order chi connectivity index (χ0) is 8.81. The van der Waals surface area contributed by atoms with E-state index in [0.717, 1.165) is 12.8 Å². The Hall–Kier alpha value is -0.700. The highest BCUT2D eigenvalue weighted by atomic mass is 32.2. The molecule has 0 saturated carbocycles. The Balaban J connectivity index is 2.22. The SMILES string of the molecule is CS/C=C/C(=O)NC1CC=CC1. The van der Waals surface area contributed by atoms with Crippen LogP contribution in [0.5, 0.6) is 0 Å². The van der Waals surface area contributed by atoms with Crippen molar-refractivity contribution in [2.24, 2.45) is 0 Å². The fraction of sp³-hybridized carbons (Fsp3) is 0.444. The zero-order valence-corrected chi connectivity index (χ0v) is 7.93. The number of carbonyl (C=O) groups is 1. The third-order valence-corrected chi connectivity index (χ3v) is 2.12. The summed E-state index contributed by atoms with van der Waals surface area (Å²) in [4.78, 5) is 11.1. The minimum atomic E-state index is 0.0121. The molecule has 0 radical (unpaired) electrons. The predicted octanol–water partition coefficient (Wildman–Crippen LogP) is 1.70. The quantitative estimate of drug-likeness (QED) is 0.533. The van der Waals surface area contributed by atoms with Gasteiger partial charge in [-0.1, -0.05) is 12.2 Å². The van der Waals surface area contributed by atoms with Crippen LogP contribution >= 0.6 is 11.8 Å². The van der Waals surface area contributed by atoms with Gasteiger partial charge in [-0.25, -0.2) is 0 Å². The second-order valence-electron chi connectivity index (χ2n) is 2.69. The van der Waals surface area contributed by atoms with Gasteiger partial charge in [-0.05, 0) is 24.5 Å². The molecule has 0 aliphatic heterocycles. The monoisotopic (exact) mass is 183 g/mol. The van der Waals surface area contributed by atoms with Crippen LogP contribution in [-0.2, 0) is 4.79 Å². The van der Waals surface area contributed by atoms with Gasteiger partial charge in [0.05, 0.1) is 0 Å². The van der Waals surface area contributed by atoms with Gasteiger partial charge in [-0.2, -0.15) is 0 Å². The lowest BCUT2D eigenvalue weighted by molar-refractivity contribution is -0.117. The third-order valence-electron chi connectivity index (χ3n) is 1.71. The predicted molar refractivity (Wildman–Crippen MR) is 53.0 cm³/mol. The molecule has 0 aromatic heterocycles. The van der Waals surface area contributed by atoms with Crippen LogP contribution in [0.2, 0.25) is 0 Å². The van der Waals surface area contributed by atoms with Crippen LogP contribution in [-0.4, -0.2) is 18.2 Å². The number of hydrogen-bond donors (Lipinski definition) is 1. The number of amides is 1. The number of nitrogens with one attached hydrogen (secondary N) is 1. The summed E-state index contributed by atoms with van der Waals surface area (Å²) in [6.45, 7) is 0. The first kappa shape index (κ1) is 9.39. The topological polar surface area (TPSA) is 29.1 Å². The maximum absolute atomic E-state index is 11.1. The average molecular weight is 183 g/mol. The molecule has 3 heteroatoms. The molecule has 1 rings (SSSR count). The van der Waals surface area contributed by atoms with Gasteiger partial charge in [0.25, 0.3) is 0 Å². The van der Waals surface area contributed by atoms with Crippen molar-refractivity contribution in [1.29, 1.82) is 0 Å². The number of thioether (sulfide) groups is 1. The Bertz CT molecular complexity index is 203. The molecule has 1 aliphatic rings. The van der Waals surface area contributed by atoms with Crippen LogP contribution in [0.1, 0.15) is 12.8 Å². The number of carbonyl (C=O) groups excluding carboxylic acids is 1. The van der Waals surface area contributed by atoms with Crippen LogP contribution in [0.3, 0.4) is 0 Å². The molecule has 0 saturated heterocycles. The molecule has 0 spiro atoms. The van der Waals surface area contributed by atoms with Crippen molar-refractivity contribution < 1.29 is 4.79 Å². The van der Waals surface area contributed by atoms with Crippen LogP contribution in [0.15, 0.2) is 23.6 Å². The van der Waals surface area contributed by atoms with E-state index in [2.05, 4.69) is 17.5 Å². The van der Waals surface area contributed by atoms with E-state index in [1.807, 2.05) is 6.26 Å². The molecule has 1 N–H and O–H groups in total.